The third-order valence-electron chi connectivity index (χ3n) is 4.30. The first kappa shape index (κ1) is 16.0. The first-order valence-electron chi connectivity index (χ1n) is 7.86. The van der Waals surface area contributed by atoms with E-state index in [0.29, 0.717) is 18.1 Å². The zero-order valence-electron chi connectivity index (χ0n) is 12.9. The first-order valence-corrected chi connectivity index (χ1v) is 8.65. The number of benzene rings is 1. The largest absolute Gasteiger partial charge is 0.313 e. The fourth-order valence-electron chi connectivity index (χ4n) is 3.21. The van der Waals surface area contributed by atoms with Crippen molar-refractivity contribution in [2.45, 2.75) is 58.2 Å². The van der Waals surface area contributed by atoms with Crippen LogP contribution in [0, 0.1) is 0 Å². The van der Waals surface area contributed by atoms with Crippen LogP contribution in [0.15, 0.2) is 28.7 Å². The maximum Gasteiger partial charge on any atom is 0.0348 e. The molecule has 3 heteroatoms. The molecule has 1 heterocycles. The van der Waals surface area contributed by atoms with E-state index in [9.17, 15) is 0 Å². The molecule has 1 aliphatic heterocycles. The van der Waals surface area contributed by atoms with Gasteiger partial charge < -0.3 is 5.32 Å². The molecule has 2 nitrogen and oxygen atoms in total. The van der Waals surface area contributed by atoms with Crippen molar-refractivity contribution in [1.82, 2.24) is 10.2 Å². The van der Waals surface area contributed by atoms with E-state index in [1.165, 1.54) is 24.9 Å². The Hall–Kier alpha value is -0.380. The highest BCUT2D eigenvalue weighted by molar-refractivity contribution is 9.10. The Labute approximate surface area is 132 Å². The normalized spacial score (nSPS) is 20.8. The summed E-state index contributed by atoms with van der Waals surface area (Å²) in [6, 6.07) is 10.6. The number of halogens is 1. The topological polar surface area (TPSA) is 15.3 Å². The fourth-order valence-corrected chi connectivity index (χ4v) is 3.48. The number of hydrogen-bond acceptors (Lipinski definition) is 2. The molecule has 2 rings (SSSR count). The van der Waals surface area contributed by atoms with Gasteiger partial charge in [-0.3, -0.25) is 4.90 Å². The van der Waals surface area contributed by atoms with E-state index in [1.54, 1.807) is 0 Å². The molecule has 1 fully saturated rings. The monoisotopic (exact) mass is 338 g/mol. The molecule has 112 valence electrons. The van der Waals surface area contributed by atoms with Crippen molar-refractivity contribution >= 4 is 15.9 Å². The Bertz CT molecular complexity index is 396. The molecule has 2 atom stereocenters. The van der Waals surface area contributed by atoms with Gasteiger partial charge in [0.1, 0.15) is 0 Å². The molecule has 1 aromatic carbocycles. The molecule has 0 bridgehead atoms. The summed E-state index contributed by atoms with van der Waals surface area (Å²) in [5.74, 6) is 0. The first-order chi connectivity index (χ1) is 9.61. The predicted molar refractivity (Wildman–Crippen MR) is 90.0 cm³/mol. The molecular weight excluding hydrogens is 312 g/mol. The fraction of sp³-hybridized carbons (Fsp3) is 0.647. The Morgan fingerprint density at radius 3 is 2.50 bits per heavy atom. The highest BCUT2D eigenvalue weighted by Gasteiger charge is 2.25. The molecule has 0 amide bonds. The summed E-state index contributed by atoms with van der Waals surface area (Å²) in [6.45, 7) is 9.27. The van der Waals surface area contributed by atoms with Crippen molar-refractivity contribution in [2.24, 2.45) is 0 Å². The summed E-state index contributed by atoms with van der Waals surface area (Å²) in [5, 5.41) is 3.63. The lowest BCUT2D eigenvalue weighted by molar-refractivity contribution is 0.135. The number of rotatable bonds is 6. The van der Waals surface area contributed by atoms with Crippen molar-refractivity contribution in [3.8, 4) is 0 Å². The van der Waals surface area contributed by atoms with Crippen LogP contribution in [0.25, 0.3) is 0 Å². The second-order valence-electron chi connectivity index (χ2n) is 6.06. The molecule has 1 aromatic rings. The quantitative estimate of drug-likeness (QED) is 0.828. The standard InChI is InChI=1S/C17H27BrN2/c1-4-17(14-7-9-15(18)10-8-14)20(13(2)3)12-16-6-5-11-19-16/h7-10,13,16-17,19H,4-6,11-12H2,1-3H3. The summed E-state index contributed by atoms with van der Waals surface area (Å²) >= 11 is 3.53. The highest BCUT2D eigenvalue weighted by Crippen LogP contribution is 2.28. The zero-order valence-corrected chi connectivity index (χ0v) is 14.5. The number of hydrogen-bond donors (Lipinski definition) is 1. The van der Waals surface area contributed by atoms with Crippen LogP contribution in [0.1, 0.15) is 51.6 Å². The van der Waals surface area contributed by atoms with E-state index < -0.39 is 0 Å². The molecule has 1 N–H and O–H groups in total. The maximum atomic E-state index is 3.63. The smallest absolute Gasteiger partial charge is 0.0348 e. The minimum atomic E-state index is 0.519. The van der Waals surface area contributed by atoms with Gasteiger partial charge in [-0.25, -0.2) is 0 Å². The summed E-state index contributed by atoms with van der Waals surface area (Å²) in [7, 11) is 0. The highest BCUT2D eigenvalue weighted by atomic mass is 79.9. The summed E-state index contributed by atoms with van der Waals surface area (Å²) in [4.78, 5) is 2.66. The van der Waals surface area contributed by atoms with Crippen LogP contribution in [0.2, 0.25) is 0 Å². The van der Waals surface area contributed by atoms with Gasteiger partial charge in [-0.15, -0.1) is 0 Å². The van der Waals surface area contributed by atoms with Crippen molar-refractivity contribution < 1.29 is 0 Å². The van der Waals surface area contributed by atoms with Gasteiger partial charge in [0.05, 0.1) is 0 Å². The average molecular weight is 339 g/mol. The van der Waals surface area contributed by atoms with Crippen LogP contribution in [-0.4, -0.2) is 30.1 Å². The van der Waals surface area contributed by atoms with Crippen LogP contribution < -0.4 is 5.32 Å². The maximum absolute atomic E-state index is 3.63. The van der Waals surface area contributed by atoms with Crippen LogP contribution in [0.4, 0.5) is 0 Å². The van der Waals surface area contributed by atoms with Gasteiger partial charge in [0, 0.05) is 29.1 Å². The van der Waals surface area contributed by atoms with Gasteiger partial charge in [-0.05, 0) is 57.4 Å². The lowest BCUT2D eigenvalue weighted by atomic mass is 10.00. The minimum Gasteiger partial charge on any atom is -0.313 e. The van der Waals surface area contributed by atoms with Crippen molar-refractivity contribution in [3.05, 3.63) is 34.3 Å². The van der Waals surface area contributed by atoms with Gasteiger partial charge in [0.25, 0.3) is 0 Å². The van der Waals surface area contributed by atoms with Gasteiger partial charge in [-0.2, -0.15) is 0 Å². The molecular formula is C17H27BrN2. The second-order valence-corrected chi connectivity index (χ2v) is 6.98. The van der Waals surface area contributed by atoms with Gasteiger partial charge in [-0.1, -0.05) is 35.0 Å². The van der Waals surface area contributed by atoms with Gasteiger partial charge in [0.15, 0.2) is 0 Å². The van der Waals surface area contributed by atoms with Crippen LogP contribution in [0.3, 0.4) is 0 Å². The molecule has 0 saturated carbocycles. The third-order valence-corrected chi connectivity index (χ3v) is 4.83. The van der Waals surface area contributed by atoms with E-state index >= 15 is 0 Å². The number of nitrogens with zero attached hydrogens (tertiary/aromatic N) is 1. The zero-order chi connectivity index (χ0) is 14.5. The summed E-state index contributed by atoms with van der Waals surface area (Å²) in [6.07, 6.45) is 3.80. The van der Waals surface area contributed by atoms with E-state index in [2.05, 4.69) is 71.2 Å². The minimum absolute atomic E-state index is 0.519. The van der Waals surface area contributed by atoms with Crippen molar-refractivity contribution in [3.63, 3.8) is 0 Å². The van der Waals surface area contributed by atoms with E-state index in [0.717, 1.165) is 17.4 Å². The molecule has 2 unspecified atom stereocenters. The molecule has 0 radical (unpaired) electrons. The van der Waals surface area contributed by atoms with E-state index in [-0.39, 0.29) is 0 Å². The van der Waals surface area contributed by atoms with Crippen molar-refractivity contribution in [2.75, 3.05) is 13.1 Å². The predicted octanol–water partition coefficient (Wildman–Crippen LogP) is 4.36. The van der Waals surface area contributed by atoms with Crippen LogP contribution in [-0.2, 0) is 0 Å². The summed E-state index contributed by atoms with van der Waals surface area (Å²) < 4.78 is 1.16. The SMILES string of the molecule is CCC(c1ccc(Br)cc1)N(CC1CCCN1)C(C)C. The average Bonchev–Trinajstić information content (AvgIpc) is 2.93. The van der Waals surface area contributed by atoms with E-state index in [1.807, 2.05) is 0 Å². The third kappa shape index (κ3) is 4.06. The van der Waals surface area contributed by atoms with Crippen LogP contribution >= 0.6 is 15.9 Å². The Balaban J connectivity index is 2.13. The van der Waals surface area contributed by atoms with Gasteiger partial charge >= 0.3 is 0 Å². The van der Waals surface area contributed by atoms with Gasteiger partial charge in [0.2, 0.25) is 0 Å². The molecule has 0 spiro atoms. The second kappa shape index (κ2) is 7.58. The molecule has 1 saturated heterocycles. The molecule has 0 aliphatic carbocycles. The Kier molecular flexibility index (Phi) is 6.06. The Morgan fingerprint density at radius 1 is 1.30 bits per heavy atom. The number of nitrogens with one attached hydrogen (secondary N) is 1. The molecule has 1 aliphatic rings. The Morgan fingerprint density at radius 2 is 2.00 bits per heavy atom. The molecule has 20 heavy (non-hydrogen) atoms. The molecule has 0 aromatic heterocycles. The van der Waals surface area contributed by atoms with E-state index in [4.69, 9.17) is 0 Å². The lowest BCUT2D eigenvalue weighted by Gasteiger charge is -2.36. The van der Waals surface area contributed by atoms with Crippen molar-refractivity contribution in [1.29, 1.82) is 0 Å². The van der Waals surface area contributed by atoms with Crippen LogP contribution in [0.5, 0.6) is 0 Å². The lowest BCUT2D eigenvalue weighted by Crippen LogP contribution is -2.43. The summed E-state index contributed by atoms with van der Waals surface area (Å²) in [5.41, 5.74) is 1.43.